The normalized spacial score (nSPS) is 7.60. The first-order valence-corrected chi connectivity index (χ1v) is 2.28. The third-order valence-corrected chi connectivity index (χ3v) is 0.538. The molecule has 0 aliphatic heterocycles. The Bertz CT molecular complexity index is 44.9. The summed E-state index contributed by atoms with van der Waals surface area (Å²) in [5.74, 6) is 0. The Hall–Kier alpha value is -0.0500. The van der Waals surface area contributed by atoms with E-state index >= 15 is 0 Å². The van der Waals surface area contributed by atoms with Gasteiger partial charge in [0, 0.05) is 0 Å². The van der Waals surface area contributed by atoms with E-state index in [9.17, 15) is 4.39 Å². The molecule has 0 radical (unpaired) electrons. The van der Waals surface area contributed by atoms with Gasteiger partial charge < -0.3 is 0 Å². The Morgan fingerprint density at radius 2 is 2.20 bits per heavy atom. The molecule has 0 aromatic carbocycles. The monoisotopic (exact) mass is 93.0 g/mol. The molecule has 3 heteroatoms. The molecule has 0 aliphatic rings. The highest BCUT2D eigenvalue weighted by Crippen LogP contribution is 1.92. The molecule has 0 bridgehead atoms. The first kappa shape index (κ1) is 4.95. The van der Waals surface area contributed by atoms with Gasteiger partial charge in [-0.15, -0.1) is 0 Å². The summed E-state index contributed by atoms with van der Waals surface area (Å²) in [5, 5.41) is 5.21. The Morgan fingerprint density at radius 1 is 2.00 bits per heavy atom. The van der Waals surface area contributed by atoms with Crippen molar-refractivity contribution in [2.45, 2.75) is 0 Å². The summed E-state index contributed by atoms with van der Waals surface area (Å²) in [6.07, 6.45) is 1.52. The van der Waals surface area contributed by atoms with E-state index in [0.29, 0.717) is 0 Å². The molecular formula is C2H4FNS. The molecule has 0 fully saturated rings. The molecule has 0 heterocycles. The lowest BCUT2D eigenvalue weighted by atomic mass is 11.6. The van der Waals surface area contributed by atoms with Crippen molar-refractivity contribution < 1.29 is 4.39 Å². The predicted molar refractivity (Wildman–Crippen MR) is 22.3 cm³/mol. The third kappa shape index (κ3) is 3.95. The van der Waals surface area contributed by atoms with E-state index < -0.39 is 5.30 Å². The Labute approximate surface area is 34.1 Å². The van der Waals surface area contributed by atoms with Crippen LogP contribution in [0, 0.1) is 5.41 Å². The van der Waals surface area contributed by atoms with Gasteiger partial charge >= 0.3 is 0 Å². The van der Waals surface area contributed by atoms with Gasteiger partial charge in [0.25, 0.3) is 0 Å². The van der Waals surface area contributed by atoms with Crippen molar-refractivity contribution in [3.05, 3.63) is 0 Å². The summed E-state index contributed by atoms with van der Waals surface area (Å²) in [4.78, 5) is 0. The van der Waals surface area contributed by atoms with Crippen LogP contribution in [0.25, 0.3) is 0 Å². The van der Waals surface area contributed by atoms with Crippen molar-refractivity contribution in [2.24, 2.45) is 0 Å². The van der Waals surface area contributed by atoms with Crippen LogP contribution in [0.2, 0.25) is 0 Å². The fraction of sp³-hybridized carbons (Fsp3) is 0.500. The summed E-state index contributed by atoms with van der Waals surface area (Å²) in [6, 6.07) is 0. The molecule has 5 heavy (non-hydrogen) atoms. The van der Waals surface area contributed by atoms with Gasteiger partial charge in [-0.25, -0.2) is 0 Å². The highest BCUT2D eigenvalue weighted by atomic mass is 32.2. The van der Waals surface area contributed by atoms with E-state index in [0.717, 1.165) is 11.8 Å². The molecule has 0 aromatic rings. The van der Waals surface area contributed by atoms with Crippen molar-refractivity contribution in [1.29, 1.82) is 5.41 Å². The summed E-state index contributed by atoms with van der Waals surface area (Å²) in [5.41, 5.74) is 0. The van der Waals surface area contributed by atoms with E-state index in [1.165, 1.54) is 6.26 Å². The minimum atomic E-state index is -0.829. The van der Waals surface area contributed by atoms with Crippen molar-refractivity contribution in [2.75, 3.05) is 6.26 Å². The molecular weight excluding hydrogens is 89.1 g/mol. The number of hydrogen-bond donors (Lipinski definition) is 1. The lowest BCUT2D eigenvalue weighted by Gasteiger charge is -1.71. The molecule has 0 saturated heterocycles. The van der Waals surface area contributed by atoms with Crippen LogP contribution in [-0.4, -0.2) is 11.6 Å². The fourth-order valence-corrected chi connectivity index (χ4v) is 0. The second kappa shape index (κ2) is 2.20. The first-order valence-electron chi connectivity index (χ1n) is 1.05. The predicted octanol–water partition coefficient (Wildman–Crippen LogP) is 1.25. The lowest BCUT2D eigenvalue weighted by Crippen LogP contribution is -1.66. The number of rotatable bonds is 0. The van der Waals surface area contributed by atoms with Gasteiger partial charge in [0.15, 0.2) is 0 Å². The Balaban J connectivity index is 2.85. The molecule has 0 atom stereocenters. The van der Waals surface area contributed by atoms with E-state index in [1.807, 2.05) is 0 Å². The molecule has 1 N–H and O–H groups in total. The smallest absolute Gasteiger partial charge is 0.240 e. The molecule has 0 saturated carbocycles. The van der Waals surface area contributed by atoms with Gasteiger partial charge in [0.2, 0.25) is 5.30 Å². The standard InChI is InChI=1S/C2H4FNS/c1-5-2(3)4/h4H,1H3. The summed E-state index contributed by atoms with van der Waals surface area (Å²) < 4.78 is 11.0. The Morgan fingerprint density at radius 3 is 2.20 bits per heavy atom. The van der Waals surface area contributed by atoms with Crippen LogP contribution in [0.15, 0.2) is 0 Å². The van der Waals surface area contributed by atoms with Gasteiger partial charge in [0.05, 0.1) is 0 Å². The van der Waals surface area contributed by atoms with Crippen LogP contribution in [0.5, 0.6) is 0 Å². The van der Waals surface area contributed by atoms with E-state index in [1.54, 1.807) is 0 Å². The van der Waals surface area contributed by atoms with Crippen LogP contribution in [-0.2, 0) is 0 Å². The van der Waals surface area contributed by atoms with E-state index in [2.05, 4.69) is 0 Å². The number of halogens is 1. The number of nitrogens with one attached hydrogen (secondary N) is 1. The van der Waals surface area contributed by atoms with Crippen molar-refractivity contribution >= 4 is 17.1 Å². The second-order valence-corrected chi connectivity index (χ2v) is 1.24. The Kier molecular flexibility index (Phi) is 2.18. The van der Waals surface area contributed by atoms with Gasteiger partial charge in [0.1, 0.15) is 0 Å². The van der Waals surface area contributed by atoms with Gasteiger partial charge in [-0.1, -0.05) is 11.8 Å². The maximum Gasteiger partial charge on any atom is 0.240 e. The van der Waals surface area contributed by atoms with Crippen LogP contribution in [0.1, 0.15) is 0 Å². The molecule has 0 unspecified atom stereocenters. The zero-order valence-electron chi connectivity index (χ0n) is 2.79. The van der Waals surface area contributed by atoms with E-state index in [-0.39, 0.29) is 0 Å². The molecule has 0 amide bonds. The summed E-state index contributed by atoms with van der Waals surface area (Å²) in [6.45, 7) is 0. The highest BCUT2D eigenvalue weighted by Gasteiger charge is 1.77. The molecule has 30 valence electrons. The summed E-state index contributed by atoms with van der Waals surface area (Å²) in [7, 11) is 0. The third-order valence-electron chi connectivity index (χ3n) is 0.179. The fourth-order valence-electron chi connectivity index (χ4n) is 0. The number of thioether (sulfide) groups is 1. The topological polar surface area (TPSA) is 23.9 Å². The van der Waals surface area contributed by atoms with Crippen molar-refractivity contribution in [3.8, 4) is 0 Å². The highest BCUT2D eigenvalue weighted by molar-refractivity contribution is 8.12. The largest absolute Gasteiger partial charge is 0.268 e. The first-order chi connectivity index (χ1) is 2.27. The maximum atomic E-state index is 11.0. The minimum absolute atomic E-state index is 0.796. The maximum absolute atomic E-state index is 11.0. The molecule has 0 aliphatic carbocycles. The van der Waals surface area contributed by atoms with Gasteiger partial charge in [-0.05, 0) is 6.26 Å². The van der Waals surface area contributed by atoms with Crippen molar-refractivity contribution in [3.63, 3.8) is 0 Å². The minimum Gasteiger partial charge on any atom is -0.268 e. The quantitative estimate of drug-likeness (QED) is 0.353. The lowest BCUT2D eigenvalue weighted by molar-refractivity contribution is 0.822. The molecule has 1 nitrogen and oxygen atoms in total. The van der Waals surface area contributed by atoms with Crippen LogP contribution >= 0.6 is 11.8 Å². The van der Waals surface area contributed by atoms with Crippen LogP contribution < -0.4 is 0 Å². The van der Waals surface area contributed by atoms with Gasteiger partial charge in [-0.2, -0.15) is 4.39 Å². The second-order valence-electron chi connectivity index (χ2n) is 0.478. The molecule has 0 aromatic heterocycles. The SMILES string of the molecule is CSC(=N)F. The summed E-state index contributed by atoms with van der Waals surface area (Å²) >= 11 is 0.796. The van der Waals surface area contributed by atoms with Crippen molar-refractivity contribution in [1.82, 2.24) is 0 Å². The van der Waals surface area contributed by atoms with Crippen LogP contribution in [0.4, 0.5) is 4.39 Å². The average molecular weight is 93.1 g/mol. The average Bonchev–Trinajstić information content (AvgIpc) is 1.38. The van der Waals surface area contributed by atoms with Crippen LogP contribution in [0.3, 0.4) is 0 Å². The zero-order chi connectivity index (χ0) is 4.28. The molecule has 0 rings (SSSR count). The van der Waals surface area contributed by atoms with Gasteiger partial charge in [-0.3, -0.25) is 5.41 Å². The zero-order valence-corrected chi connectivity index (χ0v) is 3.60. The number of hydrogen-bond acceptors (Lipinski definition) is 2. The van der Waals surface area contributed by atoms with E-state index in [4.69, 9.17) is 5.41 Å². The molecule has 0 spiro atoms.